The minimum absolute atomic E-state index is 0.187. The normalized spacial score (nSPS) is 15.6. The number of ether oxygens (including phenoxy) is 1. The van der Waals surface area contributed by atoms with Crippen LogP contribution < -0.4 is 15.4 Å². The third-order valence-electron chi connectivity index (χ3n) is 4.38. The molecular formula is C19H24N4O2. The number of anilines is 1. The fourth-order valence-corrected chi connectivity index (χ4v) is 3.00. The van der Waals surface area contributed by atoms with Crippen molar-refractivity contribution in [1.29, 1.82) is 0 Å². The smallest absolute Gasteiger partial charge is 0.319 e. The lowest BCUT2D eigenvalue weighted by molar-refractivity contribution is 0.190. The van der Waals surface area contributed by atoms with Gasteiger partial charge in [-0.2, -0.15) is 0 Å². The molecule has 2 heterocycles. The lowest BCUT2D eigenvalue weighted by Crippen LogP contribution is -2.45. The van der Waals surface area contributed by atoms with Crippen molar-refractivity contribution in [2.75, 3.05) is 25.5 Å². The number of aromatic nitrogens is 1. The molecule has 25 heavy (non-hydrogen) atoms. The van der Waals surface area contributed by atoms with E-state index in [4.69, 9.17) is 4.74 Å². The van der Waals surface area contributed by atoms with Crippen LogP contribution in [0.2, 0.25) is 0 Å². The lowest BCUT2D eigenvalue weighted by Gasteiger charge is -2.32. The number of methoxy groups -OCH3 is 1. The highest BCUT2D eigenvalue weighted by molar-refractivity contribution is 5.89. The van der Waals surface area contributed by atoms with Crippen molar-refractivity contribution in [3.05, 3.63) is 54.2 Å². The molecule has 1 aliphatic heterocycles. The molecule has 6 heteroatoms. The van der Waals surface area contributed by atoms with Gasteiger partial charge in [0.1, 0.15) is 0 Å². The molecular weight excluding hydrogens is 316 g/mol. The molecule has 0 atom stereocenters. The van der Waals surface area contributed by atoms with Gasteiger partial charge in [-0.3, -0.25) is 4.90 Å². The number of carbonyl (C=O) groups excluding carboxylic acids is 1. The minimum atomic E-state index is -0.187. The number of benzene rings is 1. The Labute approximate surface area is 148 Å². The number of carbonyl (C=O) groups is 1. The van der Waals surface area contributed by atoms with E-state index in [1.54, 1.807) is 25.4 Å². The van der Waals surface area contributed by atoms with Crippen LogP contribution in [0.3, 0.4) is 0 Å². The second-order valence-corrected chi connectivity index (χ2v) is 6.22. The fourth-order valence-electron chi connectivity index (χ4n) is 3.00. The highest BCUT2D eigenvalue weighted by atomic mass is 16.5. The lowest BCUT2D eigenvalue weighted by atomic mass is 10.0. The molecule has 0 saturated carbocycles. The molecule has 1 saturated heterocycles. The van der Waals surface area contributed by atoms with Gasteiger partial charge in [0.05, 0.1) is 19.0 Å². The zero-order valence-corrected chi connectivity index (χ0v) is 14.4. The molecule has 2 amide bonds. The van der Waals surface area contributed by atoms with Crippen molar-refractivity contribution < 1.29 is 9.53 Å². The van der Waals surface area contributed by atoms with E-state index in [9.17, 15) is 4.79 Å². The second-order valence-electron chi connectivity index (χ2n) is 6.22. The van der Waals surface area contributed by atoms with E-state index in [0.29, 0.717) is 11.6 Å². The zero-order valence-electron chi connectivity index (χ0n) is 14.4. The highest BCUT2D eigenvalue weighted by Crippen LogP contribution is 2.15. The Morgan fingerprint density at radius 1 is 1.20 bits per heavy atom. The number of amides is 2. The zero-order chi connectivity index (χ0) is 17.5. The number of rotatable bonds is 5. The van der Waals surface area contributed by atoms with Crippen molar-refractivity contribution >= 4 is 11.7 Å². The molecule has 0 radical (unpaired) electrons. The molecule has 2 aromatic rings. The van der Waals surface area contributed by atoms with E-state index < -0.39 is 0 Å². The average Bonchev–Trinajstić information content (AvgIpc) is 2.65. The largest absolute Gasteiger partial charge is 0.481 e. The second kappa shape index (κ2) is 8.48. The van der Waals surface area contributed by atoms with Crippen LogP contribution in [0.4, 0.5) is 10.5 Å². The number of hydrogen-bond donors (Lipinski definition) is 2. The maximum atomic E-state index is 12.1. The van der Waals surface area contributed by atoms with E-state index in [1.165, 1.54) is 5.56 Å². The standard InChI is InChI=1S/C19H24N4O2/c1-25-18-8-7-17(13-20-18)22-19(24)21-16-9-11-23(12-10-16)14-15-5-3-2-4-6-15/h2-8,13,16H,9-12,14H2,1H3,(H2,21,22,24). The summed E-state index contributed by atoms with van der Waals surface area (Å²) in [5.74, 6) is 0.525. The van der Waals surface area contributed by atoms with Gasteiger partial charge in [-0.1, -0.05) is 30.3 Å². The first-order chi connectivity index (χ1) is 12.2. The summed E-state index contributed by atoms with van der Waals surface area (Å²) in [4.78, 5) is 18.6. The minimum Gasteiger partial charge on any atom is -0.481 e. The third-order valence-corrected chi connectivity index (χ3v) is 4.38. The molecule has 1 aliphatic rings. The summed E-state index contributed by atoms with van der Waals surface area (Å²) in [7, 11) is 1.56. The first-order valence-electron chi connectivity index (χ1n) is 8.57. The average molecular weight is 340 g/mol. The molecule has 1 aromatic heterocycles. The fraction of sp³-hybridized carbons (Fsp3) is 0.368. The molecule has 0 unspecified atom stereocenters. The third kappa shape index (κ3) is 5.19. The maximum absolute atomic E-state index is 12.1. The van der Waals surface area contributed by atoms with E-state index in [2.05, 4.69) is 44.8 Å². The van der Waals surface area contributed by atoms with Crippen molar-refractivity contribution in [1.82, 2.24) is 15.2 Å². The van der Waals surface area contributed by atoms with Crippen LogP contribution in [0.5, 0.6) is 5.88 Å². The molecule has 132 valence electrons. The predicted octanol–water partition coefficient (Wildman–Crippen LogP) is 2.88. The van der Waals surface area contributed by atoms with Crippen molar-refractivity contribution in [2.45, 2.75) is 25.4 Å². The SMILES string of the molecule is COc1ccc(NC(=O)NC2CCN(Cc3ccccc3)CC2)cn1. The molecule has 2 N–H and O–H groups in total. The maximum Gasteiger partial charge on any atom is 0.319 e. The first kappa shape index (κ1) is 17.2. The number of pyridine rings is 1. The van der Waals surface area contributed by atoms with Crippen LogP contribution in [0.15, 0.2) is 48.7 Å². The van der Waals surface area contributed by atoms with Gasteiger partial charge in [0, 0.05) is 31.7 Å². The summed E-state index contributed by atoms with van der Waals surface area (Å²) < 4.78 is 5.00. The van der Waals surface area contributed by atoms with Gasteiger partial charge in [0.2, 0.25) is 5.88 Å². The number of nitrogens with zero attached hydrogens (tertiary/aromatic N) is 2. The molecule has 1 aromatic carbocycles. The van der Waals surface area contributed by atoms with Crippen LogP contribution in [-0.2, 0) is 6.54 Å². The van der Waals surface area contributed by atoms with Crippen molar-refractivity contribution in [2.24, 2.45) is 0 Å². The highest BCUT2D eigenvalue weighted by Gasteiger charge is 2.20. The van der Waals surface area contributed by atoms with Gasteiger partial charge in [-0.15, -0.1) is 0 Å². The Hall–Kier alpha value is -2.60. The number of urea groups is 1. The monoisotopic (exact) mass is 340 g/mol. The van der Waals surface area contributed by atoms with E-state index in [0.717, 1.165) is 32.5 Å². The van der Waals surface area contributed by atoms with Gasteiger partial charge in [-0.05, 0) is 24.5 Å². The predicted molar refractivity (Wildman–Crippen MR) is 97.7 cm³/mol. The molecule has 3 rings (SSSR count). The Balaban J connectivity index is 1.41. The molecule has 0 bridgehead atoms. The number of nitrogens with one attached hydrogen (secondary N) is 2. The summed E-state index contributed by atoms with van der Waals surface area (Å²) >= 11 is 0. The summed E-state index contributed by atoms with van der Waals surface area (Å²) in [6.07, 6.45) is 3.50. The first-order valence-corrected chi connectivity index (χ1v) is 8.57. The summed E-state index contributed by atoms with van der Waals surface area (Å²) in [6.45, 7) is 2.95. The van der Waals surface area contributed by atoms with E-state index in [-0.39, 0.29) is 12.1 Å². The van der Waals surface area contributed by atoms with E-state index in [1.807, 2.05) is 6.07 Å². The van der Waals surface area contributed by atoms with E-state index >= 15 is 0 Å². The Kier molecular flexibility index (Phi) is 5.85. The Morgan fingerprint density at radius 3 is 2.60 bits per heavy atom. The van der Waals surface area contributed by atoms with Gasteiger partial charge in [-0.25, -0.2) is 9.78 Å². The quantitative estimate of drug-likeness (QED) is 0.878. The molecule has 1 fully saturated rings. The summed E-state index contributed by atoms with van der Waals surface area (Å²) in [5.41, 5.74) is 1.98. The molecule has 0 spiro atoms. The molecule has 6 nitrogen and oxygen atoms in total. The van der Waals surface area contributed by atoms with Crippen LogP contribution >= 0.6 is 0 Å². The Morgan fingerprint density at radius 2 is 1.96 bits per heavy atom. The number of likely N-dealkylation sites (tertiary alicyclic amines) is 1. The van der Waals surface area contributed by atoms with Crippen LogP contribution in [0, 0.1) is 0 Å². The van der Waals surface area contributed by atoms with Crippen LogP contribution in [0.25, 0.3) is 0 Å². The van der Waals surface area contributed by atoms with Gasteiger partial charge < -0.3 is 15.4 Å². The van der Waals surface area contributed by atoms with Crippen molar-refractivity contribution in [3.8, 4) is 5.88 Å². The Bertz CT molecular complexity index is 668. The van der Waals surface area contributed by atoms with Crippen LogP contribution in [0.1, 0.15) is 18.4 Å². The number of hydrogen-bond acceptors (Lipinski definition) is 4. The summed E-state index contributed by atoms with van der Waals surface area (Å²) in [5, 5.41) is 5.85. The van der Waals surface area contributed by atoms with Crippen LogP contribution in [-0.4, -0.2) is 42.2 Å². The van der Waals surface area contributed by atoms with Gasteiger partial charge >= 0.3 is 6.03 Å². The van der Waals surface area contributed by atoms with Gasteiger partial charge in [0.25, 0.3) is 0 Å². The van der Waals surface area contributed by atoms with Crippen molar-refractivity contribution in [3.63, 3.8) is 0 Å². The number of piperidine rings is 1. The summed E-state index contributed by atoms with van der Waals surface area (Å²) in [6, 6.07) is 14.0. The molecule has 0 aliphatic carbocycles. The van der Waals surface area contributed by atoms with Gasteiger partial charge in [0.15, 0.2) is 0 Å². The topological polar surface area (TPSA) is 66.5 Å².